The number of benzene rings is 2. The van der Waals surface area contributed by atoms with Crippen LogP contribution in [0.3, 0.4) is 0 Å². The predicted molar refractivity (Wildman–Crippen MR) is 100.0 cm³/mol. The Morgan fingerprint density at radius 1 is 1.15 bits per heavy atom. The quantitative estimate of drug-likeness (QED) is 0.754. The molecule has 0 saturated heterocycles. The van der Waals surface area contributed by atoms with Crippen LogP contribution in [0.4, 0.5) is 20.2 Å². The molecule has 0 heterocycles. The van der Waals surface area contributed by atoms with Gasteiger partial charge >= 0.3 is 0 Å². The topological polar surface area (TPSA) is 66.5 Å². The lowest BCUT2D eigenvalue weighted by Crippen LogP contribution is -2.45. The van der Waals surface area contributed by atoms with Crippen LogP contribution in [0.1, 0.15) is 6.92 Å². The fourth-order valence-electron chi connectivity index (χ4n) is 2.42. The molecule has 1 N–H and O–H groups in total. The van der Waals surface area contributed by atoms with Gasteiger partial charge in [-0.15, -0.1) is 11.8 Å². The molecule has 0 bridgehead atoms. The number of sulfonamides is 1. The fraction of sp³-hybridized carbons (Fsp3) is 0.235. The minimum atomic E-state index is -3.92. The van der Waals surface area contributed by atoms with E-state index in [1.165, 1.54) is 18.7 Å². The average molecular weight is 400 g/mol. The molecule has 0 radical (unpaired) electrons. The van der Waals surface area contributed by atoms with Gasteiger partial charge in [0.15, 0.2) is 11.6 Å². The molecule has 2 aromatic carbocycles. The third-order valence-corrected chi connectivity index (χ3v) is 5.65. The normalized spacial score (nSPS) is 12.5. The Morgan fingerprint density at radius 2 is 1.81 bits per heavy atom. The highest BCUT2D eigenvalue weighted by atomic mass is 32.2. The van der Waals surface area contributed by atoms with Gasteiger partial charge < -0.3 is 5.32 Å². The van der Waals surface area contributed by atoms with Crippen molar-refractivity contribution in [2.75, 3.05) is 22.1 Å². The van der Waals surface area contributed by atoms with Crippen molar-refractivity contribution >= 4 is 39.1 Å². The van der Waals surface area contributed by atoms with Gasteiger partial charge in [-0.1, -0.05) is 12.1 Å². The van der Waals surface area contributed by atoms with Crippen LogP contribution in [0.2, 0.25) is 0 Å². The van der Waals surface area contributed by atoms with E-state index in [2.05, 4.69) is 5.32 Å². The molecular formula is C17H18F2N2O3S2. The van der Waals surface area contributed by atoms with Gasteiger partial charge in [-0.25, -0.2) is 17.2 Å². The van der Waals surface area contributed by atoms with Crippen molar-refractivity contribution in [1.29, 1.82) is 0 Å². The first kappa shape index (κ1) is 20.2. The largest absolute Gasteiger partial charge is 0.323 e. The monoisotopic (exact) mass is 400 g/mol. The summed E-state index contributed by atoms with van der Waals surface area (Å²) in [4.78, 5) is 13.4. The average Bonchev–Trinajstić information content (AvgIpc) is 2.57. The highest BCUT2D eigenvalue weighted by molar-refractivity contribution is 7.98. The zero-order valence-electron chi connectivity index (χ0n) is 14.4. The predicted octanol–water partition coefficient (Wildman–Crippen LogP) is 3.48. The Kier molecular flexibility index (Phi) is 6.25. The summed E-state index contributed by atoms with van der Waals surface area (Å²) in [5.74, 6) is -2.90. The minimum absolute atomic E-state index is 0.132. The van der Waals surface area contributed by atoms with E-state index >= 15 is 0 Å². The standard InChI is InChI=1S/C17H18F2N2O3S2/c1-11(17(22)20-15-6-4-5-7-16(15)25-2)21(26(3,23)24)12-8-9-13(18)14(19)10-12/h4-11H,1-3H3,(H,20,22). The lowest BCUT2D eigenvalue weighted by molar-refractivity contribution is -0.116. The molecule has 2 rings (SSSR count). The van der Waals surface area contributed by atoms with Gasteiger partial charge in [0, 0.05) is 11.0 Å². The molecule has 0 aliphatic heterocycles. The summed E-state index contributed by atoms with van der Waals surface area (Å²) >= 11 is 1.43. The Bertz CT molecular complexity index is 920. The molecule has 0 spiro atoms. The molecule has 1 unspecified atom stereocenters. The van der Waals surface area contributed by atoms with Crippen LogP contribution in [0.25, 0.3) is 0 Å². The number of amides is 1. The van der Waals surface area contributed by atoms with Crippen LogP contribution >= 0.6 is 11.8 Å². The summed E-state index contributed by atoms with van der Waals surface area (Å²) in [6, 6.07) is 8.56. The van der Waals surface area contributed by atoms with Crippen LogP contribution in [0, 0.1) is 11.6 Å². The number of nitrogens with one attached hydrogen (secondary N) is 1. The number of anilines is 2. The Hall–Kier alpha value is -2.13. The SMILES string of the molecule is CSc1ccccc1NC(=O)C(C)N(c1ccc(F)c(F)c1)S(C)(=O)=O. The zero-order chi connectivity index (χ0) is 19.5. The summed E-state index contributed by atoms with van der Waals surface area (Å²) < 4.78 is 51.8. The summed E-state index contributed by atoms with van der Waals surface area (Å²) in [6.45, 7) is 1.37. The number of thioether (sulfide) groups is 1. The number of hydrogen-bond donors (Lipinski definition) is 1. The number of nitrogens with zero attached hydrogens (tertiary/aromatic N) is 1. The van der Waals surface area contributed by atoms with Crippen molar-refractivity contribution in [2.24, 2.45) is 0 Å². The number of rotatable bonds is 6. The van der Waals surface area contributed by atoms with Crippen molar-refractivity contribution in [3.63, 3.8) is 0 Å². The smallest absolute Gasteiger partial charge is 0.248 e. The second kappa shape index (κ2) is 8.05. The molecule has 0 aliphatic rings. The fourth-order valence-corrected chi connectivity index (χ4v) is 4.14. The lowest BCUT2D eigenvalue weighted by atomic mass is 10.2. The van der Waals surface area contributed by atoms with E-state index in [9.17, 15) is 22.0 Å². The molecule has 0 aliphatic carbocycles. The zero-order valence-corrected chi connectivity index (χ0v) is 16.0. The first-order valence-corrected chi connectivity index (χ1v) is 10.6. The van der Waals surface area contributed by atoms with Gasteiger partial charge in [-0.2, -0.15) is 0 Å². The Morgan fingerprint density at radius 3 is 2.38 bits per heavy atom. The van der Waals surface area contributed by atoms with Crippen LogP contribution in [-0.2, 0) is 14.8 Å². The summed E-state index contributed by atoms with van der Waals surface area (Å²) in [6.07, 6.45) is 2.74. The van der Waals surface area contributed by atoms with E-state index in [0.29, 0.717) is 5.69 Å². The minimum Gasteiger partial charge on any atom is -0.323 e. The van der Waals surface area contributed by atoms with Crippen molar-refractivity contribution in [3.8, 4) is 0 Å². The molecule has 0 fully saturated rings. The first-order valence-electron chi connectivity index (χ1n) is 7.53. The molecule has 0 aromatic heterocycles. The van der Waals surface area contributed by atoms with Crippen molar-refractivity contribution in [3.05, 3.63) is 54.1 Å². The molecule has 0 saturated carbocycles. The molecule has 1 amide bonds. The Labute approximate surface area is 155 Å². The van der Waals surface area contributed by atoms with Gasteiger partial charge in [0.2, 0.25) is 15.9 Å². The van der Waals surface area contributed by atoms with E-state index < -0.39 is 33.6 Å². The molecule has 5 nitrogen and oxygen atoms in total. The van der Waals surface area contributed by atoms with E-state index in [0.717, 1.165) is 33.7 Å². The van der Waals surface area contributed by atoms with Gasteiger partial charge in [-0.3, -0.25) is 9.10 Å². The number of para-hydroxylation sites is 1. The summed E-state index contributed by atoms with van der Waals surface area (Å²) in [7, 11) is -3.92. The maximum absolute atomic E-state index is 13.5. The van der Waals surface area contributed by atoms with Gasteiger partial charge in [0.1, 0.15) is 6.04 Å². The van der Waals surface area contributed by atoms with Crippen LogP contribution in [-0.4, -0.2) is 32.9 Å². The first-order chi connectivity index (χ1) is 12.1. The van der Waals surface area contributed by atoms with Gasteiger partial charge in [0.25, 0.3) is 0 Å². The third kappa shape index (κ3) is 4.53. The summed E-state index contributed by atoms with van der Waals surface area (Å²) in [5, 5.41) is 2.68. The molecule has 26 heavy (non-hydrogen) atoms. The number of hydrogen-bond acceptors (Lipinski definition) is 4. The van der Waals surface area contributed by atoms with E-state index in [4.69, 9.17) is 0 Å². The van der Waals surface area contributed by atoms with Crippen LogP contribution in [0.5, 0.6) is 0 Å². The maximum atomic E-state index is 13.5. The third-order valence-electron chi connectivity index (χ3n) is 3.61. The van der Waals surface area contributed by atoms with E-state index in [1.807, 2.05) is 18.4 Å². The highest BCUT2D eigenvalue weighted by Gasteiger charge is 2.30. The van der Waals surface area contributed by atoms with Crippen molar-refractivity contribution in [1.82, 2.24) is 0 Å². The van der Waals surface area contributed by atoms with Crippen molar-refractivity contribution in [2.45, 2.75) is 17.9 Å². The summed E-state index contributed by atoms with van der Waals surface area (Å²) in [5.41, 5.74) is 0.405. The number of carbonyl (C=O) groups is 1. The molecular weight excluding hydrogens is 382 g/mol. The van der Waals surface area contributed by atoms with Crippen LogP contribution in [0.15, 0.2) is 47.4 Å². The van der Waals surface area contributed by atoms with Gasteiger partial charge in [0.05, 0.1) is 17.6 Å². The van der Waals surface area contributed by atoms with Crippen molar-refractivity contribution < 1.29 is 22.0 Å². The molecule has 1 atom stereocenters. The lowest BCUT2D eigenvalue weighted by Gasteiger charge is -2.28. The van der Waals surface area contributed by atoms with E-state index in [-0.39, 0.29) is 5.69 Å². The molecule has 140 valence electrons. The second-order valence-corrected chi connectivity index (χ2v) is 8.23. The molecule has 9 heteroatoms. The Balaban J connectivity index is 2.36. The number of halogens is 2. The van der Waals surface area contributed by atoms with Gasteiger partial charge in [-0.05, 0) is 37.4 Å². The second-order valence-electron chi connectivity index (χ2n) is 5.52. The maximum Gasteiger partial charge on any atom is 0.248 e. The van der Waals surface area contributed by atoms with E-state index in [1.54, 1.807) is 12.1 Å². The number of carbonyl (C=O) groups excluding carboxylic acids is 1. The molecule has 2 aromatic rings. The highest BCUT2D eigenvalue weighted by Crippen LogP contribution is 2.27. The van der Waals surface area contributed by atoms with Crippen LogP contribution < -0.4 is 9.62 Å².